The average molecular weight is 271 g/mol. The van der Waals surface area contributed by atoms with Gasteiger partial charge in [0, 0.05) is 38.3 Å². The van der Waals surface area contributed by atoms with Crippen LogP contribution in [0.15, 0.2) is 22.9 Å². The largest absolute Gasteiger partial charge is 0.354 e. The summed E-state index contributed by atoms with van der Waals surface area (Å²) in [6, 6.07) is 4.04. The average Bonchev–Trinajstić information content (AvgIpc) is 3.26. The van der Waals surface area contributed by atoms with Crippen LogP contribution in [0.5, 0.6) is 0 Å². The number of nitrogens with zero attached hydrogens (tertiary/aromatic N) is 4. The number of aromatic nitrogens is 3. The second kappa shape index (κ2) is 4.86. The predicted molar refractivity (Wildman–Crippen MR) is 74.6 cm³/mol. The van der Waals surface area contributed by atoms with Crippen LogP contribution in [-0.2, 0) is 0 Å². The van der Waals surface area contributed by atoms with Crippen LogP contribution in [0.1, 0.15) is 24.6 Å². The Kier molecular flexibility index (Phi) is 2.88. The van der Waals surface area contributed by atoms with Gasteiger partial charge >= 0.3 is 0 Å². The minimum absolute atomic E-state index is 0.514. The van der Waals surface area contributed by atoms with Gasteiger partial charge in [0.15, 0.2) is 5.82 Å². The molecule has 0 bridgehead atoms. The second-order valence-corrected chi connectivity index (χ2v) is 5.37. The first-order valence-corrected chi connectivity index (χ1v) is 7.16. The molecule has 6 nitrogen and oxygen atoms in total. The van der Waals surface area contributed by atoms with Crippen molar-refractivity contribution in [3.63, 3.8) is 0 Å². The maximum absolute atomic E-state index is 5.31. The Balaban J connectivity index is 1.53. The first-order valence-electron chi connectivity index (χ1n) is 7.16. The van der Waals surface area contributed by atoms with Crippen molar-refractivity contribution < 1.29 is 4.52 Å². The van der Waals surface area contributed by atoms with Crippen molar-refractivity contribution in [1.82, 2.24) is 20.4 Å². The molecule has 0 spiro atoms. The lowest BCUT2D eigenvalue weighted by atomic mass is 10.2. The van der Waals surface area contributed by atoms with E-state index < -0.39 is 0 Å². The highest BCUT2D eigenvalue weighted by Gasteiger charge is 2.29. The summed E-state index contributed by atoms with van der Waals surface area (Å²) < 4.78 is 5.31. The maximum Gasteiger partial charge on any atom is 0.259 e. The van der Waals surface area contributed by atoms with Gasteiger partial charge in [0.1, 0.15) is 5.82 Å². The normalized spacial score (nSPS) is 19.3. The van der Waals surface area contributed by atoms with Crippen molar-refractivity contribution in [3.8, 4) is 11.5 Å². The molecule has 104 valence electrons. The summed E-state index contributed by atoms with van der Waals surface area (Å²) in [4.78, 5) is 11.2. The van der Waals surface area contributed by atoms with Crippen molar-refractivity contribution in [1.29, 1.82) is 0 Å². The molecule has 0 amide bonds. The van der Waals surface area contributed by atoms with Gasteiger partial charge in [-0.25, -0.2) is 4.98 Å². The third-order valence-corrected chi connectivity index (χ3v) is 3.82. The van der Waals surface area contributed by atoms with Gasteiger partial charge in [-0.15, -0.1) is 0 Å². The molecule has 3 heterocycles. The highest BCUT2D eigenvalue weighted by molar-refractivity contribution is 5.54. The van der Waals surface area contributed by atoms with Crippen LogP contribution >= 0.6 is 0 Å². The molecule has 1 N–H and O–H groups in total. The van der Waals surface area contributed by atoms with E-state index in [2.05, 4.69) is 25.3 Å². The summed E-state index contributed by atoms with van der Waals surface area (Å²) in [6.07, 6.45) is 4.18. The fourth-order valence-corrected chi connectivity index (χ4v) is 2.45. The molecule has 0 atom stereocenters. The summed E-state index contributed by atoms with van der Waals surface area (Å²) in [5.41, 5.74) is 0.892. The molecule has 1 saturated heterocycles. The van der Waals surface area contributed by atoms with Crippen molar-refractivity contribution in [2.24, 2.45) is 0 Å². The van der Waals surface area contributed by atoms with E-state index in [1.807, 2.05) is 18.3 Å². The van der Waals surface area contributed by atoms with Crippen LogP contribution in [0, 0.1) is 0 Å². The molecule has 1 aliphatic heterocycles. The van der Waals surface area contributed by atoms with Crippen molar-refractivity contribution >= 4 is 5.82 Å². The van der Waals surface area contributed by atoms with E-state index in [9.17, 15) is 0 Å². The number of hydrogen-bond donors (Lipinski definition) is 1. The third kappa shape index (κ3) is 2.27. The van der Waals surface area contributed by atoms with Gasteiger partial charge in [0.25, 0.3) is 5.89 Å². The first-order chi connectivity index (χ1) is 9.90. The van der Waals surface area contributed by atoms with Gasteiger partial charge in [-0.2, -0.15) is 4.98 Å². The lowest BCUT2D eigenvalue weighted by Crippen LogP contribution is -2.43. The summed E-state index contributed by atoms with van der Waals surface area (Å²) in [6.45, 7) is 4.02. The van der Waals surface area contributed by atoms with Crippen LogP contribution in [0.3, 0.4) is 0 Å². The molecule has 2 aromatic heterocycles. The summed E-state index contributed by atoms with van der Waals surface area (Å²) in [7, 11) is 0. The van der Waals surface area contributed by atoms with Gasteiger partial charge in [-0.1, -0.05) is 5.16 Å². The van der Waals surface area contributed by atoms with E-state index in [1.54, 1.807) is 0 Å². The molecule has 0 aromatic carbocycles. The van der Waals surface area contributed by atoms with Crippen LogP contribution in [-0.4, -0.2) is 41.3 Å². The van der Waals surface area contributed by atoms with Gasteiger partial charge in [0.05, 0.1) is 5.56 Å². The molecule has 2 aliphatic rings. The fourth-order valence-electron chi connectivity index (χ4n) is 2.45. The van der Waals surface area contributed by atoms with Crippen molar-refractivity contribution in [2.45, 2.75) is 18.8 Å². The summed E-state index contributed by atoms with van der Waals surface area (Å²) in [5, 5.41) is 7.37. The SMILES string of the molecule is c1cc(N2CCNCC2)ncc1-c1nc(C2CC2)no1. The van der Waals surface area contributed by atoms with E-state index in [0.29, 0.717) is 11.8 Å². The molecule has 0 unspecified atom stereocenters. The Hall–Kier alpha value is -1.95. The number of hydrogen-bond acceptors (Lipinski definition) is 6. The molecule has 0 radical (unpaired) electrons. The lowest BCUT2D eigenvalue weighted by Gasteiger charge is -2.28. The molecule has 4 rings (SSSR count). The molecule has 1 aliphatic carbocycles. The van der Waals surface area contributed by atoms with Crippen molar-refractivity contribution in [3.05, 3.63) is 24.2 Å². The lowest BCUT2D eigenvalue weighted by molar-refractivity contribution is 0.422. The van der Waals surface area contributed by atoms with Crippen LogP contribution in [0.25, 0.3) is 11.5 Å². The number of nitrogens with one attached hydrogen (secondary N) is 1. The zero-order chi connectivity index (χ0) is 13.4. The number of pyridine rings is 1. The second-order valence-electron chi connectivity index (χ2n) is 5.37. The van der Waals surface area contributed by atoms with E-state index in [4.69, 9.17) is 4.52 Å². The van der Waals surface area contributed by atoms with Gasteiger partial charge < -0.3 is 14.7 Å². The molecule has 6 heteroatoms. The van der Waals surface area contributed by atoms with Crippen LogP contribution in [0.2, 0.25) is 0 Å². The first kappa shape index (κ1) is 11.8. The molecular formula is C14H17N5O. The van der Waals surface area contributed by atoms with E-state index in [-0.39, 0.29) is 0 Å². The topological polar surface area (TPSA) is 67.1 Å². The molecule has 20 heavy (non-hydrogen) atoms. The van der Waals surface area contributed by atoms with Crippen molar-refractivity contribution in [2.75, 3.05) is 31.1 Å². The number of piperazine rings is 1. The molecule has 2 fully saturated rings. The zero-order valence-electron chi connectivity index (χ0n) is 11.2. The maximum atomic E-state index is 5.31. The van der Waals surface area contributed by atoms with Gasteiger partial charge in [-0.05, 0) is 25.0 Å². The Morgan fingerprint density at radius 3 is 2.75 bits per heavy atom. The molecule has 1 saturated carbocycles. The standard InChI is InChI=1S/C14H17N5O/c1-2-10(1)13-17-14(20-18-13)11-3-4-12(16-9-11)19-7-5-15-6-8-19/h3-4,9-10,15H,1-2,5-8H2. The van der Waals surface area contributed by atoms with Gasteiger partial charge in [0.2, 0.25) is 0 Å². The quantitative estimate of drug-likeness (QED) is 0.910. The predicted octanol–water partition coefficient (Wildman–Crippen LogP) is 1.42. The minimum Gasteiger partial charge on any atom is -0.354 e. The fraction of sp³-hybridized carbons (Fsp3) is 0.500. The summed E-state index contributed by atoms with van der Waals surface area (Å²) >= 11 is 0. The number of rotatable bonds is 3. The highest BCUT2D eigenvalue weighted by Crippen LogP contribution is 2.38. The third-order valence-electron chi connectivity index (χ3n) is 3.82. The Morgan fingerprint density at radius 2 is 2.05 bits per heavy atom. The Bertz CT molecular complexity index is 584. The smallest absolute Gasteiger partial charge is 0.259 e. The summed E-state index contributed by atoms with van der Waals surface area (Å²) in [5.74, 6) is 2.94. The Labute approximate surface area is 117 Å². The van der Waals surface area contributed by atoms with Gasteiger partial charge in [-0.3, -0.25) is 0 Å². The monoisotopic (exact) mass is 271 g/mol. The highest BCUT2D eigenvalue weighted by atomic mass is 16.5. The number of anilines is 1. The zero-order valence-corrected chi connectivity index (χ0v) is 11.2. The molecular weight excluding hydrogens is 254 g/mol. The Morgan fingerprint density at radius 1 is 1.20 bits per heavy atom. The van der Waals surface area contributed by atoms with E-state index in [0.717, 1.165) is 43.4 Å². The van der Waals surface area contributed by atoms with Crippen LogP contribution in [0.4, 0.5) is 5.82 Å². The van der Waals surface area contributed by atoms with E-state index >= 15 is 0 Å². The minimum atomic E-state index is 0.514. The van der Waals surface area contributed by atoms with E-state index in [1.165, 1.54) is 12.8 Å². The molecule has 2 aromatic rings. The van der Waals surface area contributed by atoms with Crippen LogP contribution < -0.4 is 10.2 Å².